The zero-order chi connectivity index (χ0) is 35.6. The summed E-state index contributed by atoms with van der Waals surface area (Å²) < 4.78 is 0. The Morgan fingerprint density at radius 3 is 1.47 bits per heavy atom. The average molecular weight is 657 g/mol. The van der Waals surface area contributed by atoms with Crippen LogP contribution >= 0.6 is 0 Å². The van der Waals surface area contributed by atoms with Gasteiger partial charge in [0, 0.05) is 21.9 Å². The molecule has 3 aromatic carbocycles. The maximum atomic E-state index is 7.62. The molecule has 3 N–H and O–H groups in total. The van der Waals surface area contributed by atoms with E-state index in [1.807, 2.05) is 32.0 Å². The van der Waals surface area contributed by atoms with E-state index in [1.165, 1.54) is 22.1 Å². The second-order valence-corrected chi connectivity index (χ2v) is 15.7. The number of nitrogens with two attached hydrogens (primary N) is 1. The van der Waals surface area contributed by atoms with Gasteiger partial charge in [0.05, 0.1) is 28.0 Å². The van der Waals surface area contributed by atoms with Crippen LogP contribution in [-0.4, -0.2) is 25.6 Å². The fourth-order valence-electron chi connectivity index (χ4n) is 5.22. The summed E-state index contributed by atoms with van der Waals surface area (Å²) in [5.41, 5.74) is 15.5. The Kier molecular flexibility index (Phi) is 11.7. The van der Waals surface area contributed by atoms with E-state index in [-0.39, 0.29) is 23.7 Å². The molecule has 258 valence electrons. The molecule has 0 aliphatic heterocycles. The largest absolute Gasteiger partial charge is 0.383 e. The zero-order valence-electron chi connectivity index (χ0n) is 30.9. The number of hydrogen-bond acceptors (Lipinski definition) is 6. The van der Waals surface area contributed by atoms with Gasteiger partial charge in [-0.3, -0.25) is 4.98 Å². The van der Waals surface area contributed by atoms with E-state index in [4.69, 9.17) is 11.1 Å². The summed E-state index contributed by atoms with van der Waals surface area (Å²) in [6.45, 7) is 25.5. The van der Waals surface area contributed by atoms with E-state index >= 15 is 0 Å². The number of nitrogen functional groups attached to an aromatic ring is 1. The summed E-state index contributed by atoms with van der Waals surface area (Å²) in [4.78, 5) is 17.7. The van der Waals surface area contributed by atoms with Crippen molar-refractivity contribution in [1.82, 2.24) is 19.9 Å². The van der Waals surface area contributed by atoms with E-state index < -0.39 is 0 Å². The SMILES string of the molecule is C.CC(=N)c1ccc2ccc(C(C)(C)C)cc2n1.Cc1ccc2ccc(C(C)(C)C)cc2n1.Cc1nc(N)c2ccc(C(C)(C)C)cc2n1. The van der Waals surface area contributed by atoms with Gasteiger partial charge in [-0.15, -0.1) is 0 Å². The van der Waals surface area contributed by atoms with Crippen molar-refractivity contribution in [3.05, 3.63) is 113 Å². The molecule has 6 rings (SSSR count). The van der Waals surface area contributed by atoms with Gasteiger partial charge < -0.3 is 11.1 Å². The Labute approximate surface area is 294 Å². The van der Waals surface area contributed by atoms with Gasteiger partial charge in [0.15, 0.2) is 0 Å². The molecule has 49 heavy (non-hydrogen) atoms. The van der Waals surface area contributed by atoms with E-state index in [1.54, 1.807) is 6.92 Å². The lowest BCUT2D eigenvalue weighted by Crippen LogP contribution is -2.11. The van der Waals surface area contributed by atoms with Crippen LogP contribution in [0.3, 0.4) is 0 Å². The molecule has 0 saturated carbocycles. The third-order valence-electron chi connectivity index (χ3n) is 8.34. The van der Waals surface area contributed by atoms with Gasteiger partial charge in [0.2, 0.25) is 0 Å². The third kappa shape index (κ3) is 9.91. The molecule has 3 heterocycles. The maximum absolute atomic E-state index is 7.62. The van der Waals surface area contributed by atoms with Crippen LogP contribution in [0.4, 0.5) is 5.82 Å². The minimum atomic E-state index is 0. The Morgan fingerprint density at radius 1 is 0.551 bits per heavy atom. The highest BCUT2D eigenvalue weighted by Crippen LogP contribution is 2.28. The van der Waals surface area contributed by atoms with Gasteiger partial charge in [-0.05, 0) is 90.1 Å². The van der Waals surface area contributed by atoms with Gasteiger partial charge >= 0.3 is 0 Å². The second kappa shape index (κ2) is 14.8. The minimum Gasteiger partial charge on any atom is -0.383 e. The zero-order valence-corrected chi connectivity index (χ0v) is 30.9. The van der Waals surface area contributed by atoms with Crippen LogP contribution in [0, 0.1) is 19.3 Å². The Bertz CT molecular complexity index is 2090. The number of aromatic nitrogens is 4. The number of aryl methyl sites for hydroxylation is 2. The molecular weight excluding hydrogens is 601 g/mol. The molecule has 0 spiro atoms. The number of rotatable bonds is 1. The number of pyridine rings is 2. The Hall–Kier alpha value is -4.71. The molecule has 3 aromatic heterocycles. The lowest BCUT2D eigenvalue weighted by Gasteiger charge is -2.19. The highest BCUT2D eigenvalue weighted by atomic mass is 14.9. The van der Waals surface area contributed by atoms with Crippen LogP contribution in [0.1, 0.15) is 111 Å². The van der Waals surface area contributed by atoms with Gasteiger partial charge in [-0.2, -0.15) is 0 Å². The normalized spacial score (nSPS) is 11.7. The molecule has 6 nitrogen and oxygen atoms in total. The summed E-state index contributed by atoms with van der Waals surface area (Å²) in [5.74, 6) is 1.28. The number of fused-ring (bicyclic) bond motifs is 3. The summed E-state index contributed by atoms with van der Waals surface area (Å²) >= 11 is 0. The molecule has 0 radical (unpaired) electrons. The van der Waals surface area contributed by atoms with Crippen LogP contribution < -0.4 is 5.73 Å². The smallest absolute Gasteiger partial charge is 0.135 e. The molecule has 0 atom stereocenters. The summed E-state index contributed by atoms with van der Waals surface area (Å²) in [7, 11) is 0. The second-order valence-electron chi connectivity index (χ2n) is 15.7. The summed E-state index contributed by atoms with van der Waals surface area (Å²) in [6, 6.07) is 27.2. The first-order valence-corrected chi connectivity index (χ1v) is 16.6. The first kappa shape index (κ1) is 38.7. The number of benzene rings is 3. The van der Waals surface area contributed by atoms with Crippen molar-refractivity contribution in [1.29, 1.82) is 5.41 Å². The van der Waals surface area contributed by atoms with Crippen molar-refractivity contribution in [2.45, 2.75) is 107 Å². The van der Waals surface area contributed by atoms with Crippen LogP contribution in [0.2, 0.25) is 0 Å². The molecular formula is C43H56N6. The molecule has 0 saturated heterocycles. The molecule has 0 unspecified atom stereocenters. The van der Waals surface area contributed by atoms with E-state index in [9.17, 15) is 0 Å². The minimum absolute atomic E-state index is 0. The van der Waals surface area contributed by atoms with Crippen molar-refractivity contribution in [2.24, 2.45) is 0 Å². The fourth-order valence-corrected chi connectivity index (χ4v) is 5.22. The molecule has 0 aliphatic carbocycles. The number of anilines is 1. The third-order valence-corrected chi connectivity index (χ3v) is 8.34. The first-order chi connectivity index (χ1) is 22.2. The fraction of sp³-hybridized carbons (Fsp3) is 0.372. The molecule has 0 amide bonds. The highest BCUT2D eigenvalue weighted by Gasteiger charge is 2.16. The van der Waals surface area contributed by atoms with E-state index in [0.29, 0.717) is 11.5 Å². The lowest BCUT2D eigenvalue weighted by molar-refractivity contribution is 0.590. The first-order valence-electron chi connectivity index (χ1n) is 16.6. The van der Waals surface area contributed by atoms with Crippen LogP contribution in [-0.2, 0) is 16.2 Å². The Balaban J connectivity index is 0.000000197. The van der Waals surface area contributed by atoms with Gasteiger partial charge in [0.1, 0.15) is 11.6 Å². The van der Waals surface area contributed by atoms with E-state index in [0.717, 1.165) is 44.5 Å². The lowest BCUT2D eigenvalue weighted by atomic mass is 9.86. The standard InChI is InChI=1S/C15H18N2.C14H17N.C13H17N3.CH4/c1-10(16)13-8-6-11-5-7-12(15(2,3)4)9-14(11)17-13;1-10-5-6-11-7-8-12(14(2,3)4)9-13(11)15-10;1-8-15-11-7-9(13(2,3)4)5-6-10(11)12(14)16-8;/h5-9,16H,1-4H3;5-9H,1-4H3;5-7H,1-4H3,(H2,14,15,16);1H4. The van der Waals surface area contributed by atoms with Crippen LogP contribution in [0.15, 0.2) is 78.9 Å². The molecule has 6 heteroatoms. The van der Waals surface area contributed by atoms with Gasteiger partial charge in [0.25, 0.3) is 0 Å². The van der Waals surface area contributed by atoms with Crippen LogP contribution in [0.5, 0.6) is 0 Å². The van der Waals surface area contributed by atoms with Crippen molar-refractivity contribution in [3.8, 4) is 0 Å². The molecule has 6 aromatic rings. The highest BCUT2D eigenvalue weighted by molar-refractivity contribution is 5.96. The predicted molar refractivity (Wildman–Crippen MR) is 212 cm³/mol. The predicted octanol–water partition coefficient (Wildman–Crippen LogP) is 11.2. The van der Waals surface area contributed by atoms with Crippen molar-refractivity contribution >= 4 is 44.2 Å². The monoisotopic (exact) mass is 656 g/mol. The summed E-state index contributed by atoms with van der Waals surface area (Å²) in [6.07, 6.45) is 0. The maximum Gasteiger partial charge on any atom is 0.135 e. The average Bonchev–Trinajstić information content (AvgIpc) is 2.99. The van der Waals surface area contributed by atoms with Crippen LogP contribution in [0.25, 0.3) is 32.7 Å². The van der Waals surface area contributed by atoms with E-state index in [2.05, 4.69) is 143 Å². The van der Waals surface area contributed by atoms with Crippen molar-refractivity contribution in [2.75, 3.05) is 5.73 Å². The summed E-state index contributed by atoms with van der Waals surface area (Å²) in [5, 5.41) is 10.9. The molecule has 0 fully saturated rings. The molecule has 0 aliphatic rings. The van der Waals surface area contributed by atoms with Gasteiger partial charge in [-0.1, -0.05) is 112 Å². The van der Waals surface area contributed by atoms with Crippen molar-refractivity contribution in [3.63, 3.8) is 0 Å². The van der Waals surface area contributed by atoms with Gasteiger partial charge in [-0.25, -0.2) is 15.0 Å². The quantitative estimate of drug-likeness (QED) is 0.171. The number of nitrogens with zero attached hydrogens (tertiary/aromatic N) is 4. The van der Waals surface area contributed by atoms with Crippen molar-refractivity contribution < 1.29 is 0 Å². The number of nitrogens with one attached hydrogen (secondary N) is 1. The number of hydrogen-bond donors (Lipinski definition) is 2. The topological polar surface area (TPSA) is 101 Å². The Morgan fingerprint density at radius 2 is 0.980 bits per heavy atom. The molecule has 0 bridgehead atoms.